The Bertz CT molecular complexity index is 649. The first-order chi connectivity index (χ1) is 12.7. The number of rotatable bonds is 6. The van der Waals surface area contributed by atoms with Crippen LogP contribution in [0.4, 0.5) is 4.39 Å². The molecule has 1 unspecified atom stereocenters. The predicted octanol–water partition coefficient (Wildman–Crippen LogP) is 1.41. The van der Waals surface area contributed by atoms with Gasteiger partial charge >= 0.3 is 0 Å². The van der Waals surface area contributed by atoms with Crippen molar-refractivity contribution in [3.8, 4) is 0 Å². The molecule has 26 heavy (non-hydrogen) atoms. The lowest BCUT2D eigenvalue weighted by Gasteiger charge is -2.47. The molecule has 1 atom stereocenters. The summed E-state index contributed by atoms with van der Waals surface area (Å²) in [6.45, 7) is 10.5. The number of aliphatic imine (C=N–C) groups is 1. The minimum Gasteiger partial charge on any atom is -0.357 e. The molecule has 5 nitrogen and oxygen atoms in total. The number of nitrogens with zero attached hydrogens (tertiary/aromatic N) is 3. The van der Waals surface area contributed by atoms with Gasteiger partial charge in [-0.1, -0.05) is 12.1 Å². The molecule has 4 aliphatic rings. The summed E-state index contributed by atoms with van der Waals surface area (Å²) >= 11 is 0. The molecular formula is C20H30FN5. The second kappa shape index (κ2) is 7.53. The molecule has 1 saturated carbocycles. The summed E-state index contributed by atoms with van der Waals surface area (Å²) in [5, 5.41) is 6.90. The Morgan fingerprint density at radius 2 is 2.04 bits per heavy atom. The molecule has 2 bridgehead atoms. The number of hydrogen-bond acceptors (Lipinski definition) is 3. The Morgan fingerprint density at radius 3 is 2.65 bits per heavy atom. The number of guanidine groups is 1. The second-order valence-corrected chi connectivity index (χ2v) is 7.86. The van der Waals surface area contributed by atoms with Crippen LogP contribution in [-0.2, 0) is 5.41 Å². The van der Waals surface area contributed by atoms with E-state index in [9.17, 15) is 4.39 Å². The Balaban J connectivity index is 1.37. The predicted molar refractivity (Wildman–Crippen MR) is 103 cm³/mol. The Labute approximate surface area is 155 Å². The average molecular weight is 359 g/mol. The van der Waals surface area contributed by atoms with Gasteiger partial charge in [0.15, 0.2) is 5.96 Å². The highest BCUT2D eigenvalue weighted by molar-refractivity contribution is 5.79. The molecule has 0 aromatic heterocycles. The van der Waals surface area contributed by atoms with Crippen LogP contribution in [0.2, 0.25) is 0 Å². The maximum absolute atomic E-state index is 13.6. The van der Waals surface area contributed by atoms with Gasteiger partial charge < -0.3 is 10.6 Å². The molecule has 3 aliphatic heterocycles. The van der Waals surface area contributed by atoms with Crippen LogP contribution in [0.5, 0.6) is 0 Å². The quantitative estimate of drug-likeness (QED) is 0.595. The maximum Gasteiger partial charge on any atom is 0.191 e. The third-order valence-electron chi connectivity index (χ3n) is 6.07. The van der Waals surface area contributed by atoms with Crippen LogP contribution in [0, 0.1) is 5.82 Å². The van der Waals surface area contributed by atoms with Crippen molar-refractivity contribution in [1.29, 1.82) is 0 Å². The molecule has 5 rings (SSSR count). The number of nitrogens with one attached hydrogen (secondary N) is 2. The van der Waals surface area contributed by atoms with Gasteiger partial charge in [-0.15, -0.1) is 0 Å². The third-order valence-corrected chi connectivity index (χ3v) is 6.07. The monoisotopic (exact) mass is 359 g/mol. The van der Waals surface area contributed by atoms with Crippen LogP contribution in [0.1, 0.15) is 25.3 Å². The van der Waals surface area contributed by atoms with Crippen LogP contribution in [0.25, 0.3) is 0 Å². The van der Waals surface area contributed by atoms with Crippen molar-refractivity contribution < 1.29 is 4.39 Å². The van der Waals surface area contributed by atoms with Crippen molar-refractivity contribution in [2.24, 2.45) is 4.99 Å². The van der Waals surface area contributed by atoms with Crippen LogP contribution in [0.3, 0.4) is 0 Å². The first-order valence-electron chi connectivity index (χ1n) is 9.93. The molecule has 142 valence electrons. The molecule has 1 aromatic rings. The molecule has 6 heteroatoms. The molecule has 3 heterocycles. The van der Waals surface area contributed by atoms with Gasteiger partial charge in [-0.25, -0.2) is 4.39 Å². The third kappa shape index (κ3) is 3.86. The highest BCUT2D eigenvalue weighted by Crippen LogP contribution is 2.48. The van der Waals surface area contributed by atoms with E-state index in [4.69, 9.17) is 4.99 Å². The molecule has 4 fully saturated rings. The fraction of sp³-hybridized carbons (Fsp3) is 0.650. The van der Waals surface area contributed by atoms with Gasteiger partial charge in [-0.05, 0) is 37.5 Å². The zero-order chi connectivity index (χ0) is 18.0. The van der Waals surface area contributed by atoms with Crippen LogP contribution >= 0.6 is 0 Å². The number of fused-ring (bicyclic) bond motifs is 3. The van der Waals surface area contributed by atoms with Gasteiger partial charge in [0.2, 0.25) is 0 Å². The van der Waals surface area contributed by atoms with E-state index in [0.717, 1.165) is 44.0 Å². The van der Waals surface area contributed by atoms with E-state index in [1.807, 2.05) is 6.07 Å². The molecule has 1 aromatic carbocycles. The molecule has 0 amide bonds. The van der Waals surface area contributed by atoms with Gasteiger partial charge in [-0.3, -0.25) is 14.8 Å². The summed E-state index contributed by atoms with van der Waals surface area (Å²) in [7, 11) is 0. The summed E-state index contributed by atoms with van der Waals surface area (Å²) in [5.74, 6) is 0.729. The van der Waals surface area contributed by atoms with Crippen molar-refractivity contribution in [1.82, 2.24) is 20.4 Å². The summed E-state index contributed by atoms with van der Waals surface area (Å²) in [4.78, 5) is 9.98. The van der Waals surface area contributed by atoms with E-state index in [0.29, 0.717) is 12.6 Å². The van der Waals surface area contributed by atoms with Crippen molar-refractivity contribution in [2.75, 3.05) is 52.4 Å². The number of piperazine rings is 3. The largest absolute Gasteiger partial charge is 0.357 e. The van der Waals surface area contributed by atoms with Crippen molar-refractivity contribution in [3.05, 3.63) is 35.6 Å². The van der Waals surface area contributed by atoms with Crippen molar-refractivity contribution >= 4 is 5.96 Å². The number of benzene rings is 1. The lowest BCUT2D eigenvalue weighted by molar-refractivity contribution is 0.0154. The summed E-state index contributed by atoms with van der Waals surface area (Å²) in [6, 6.07) is 7.59. The summed E-state index contributed by atoms with van der Waals surface area (Å²) in [6.07, 6.45) is 2.18. The molecule has 0 spiro atoms. The first-order valence-corrected chi connectivity index (χ1v) is 9.93. The van der Waals surface area contributed by atoms with Crippen LogP contribution in [-0.4, -0.2) is 74.2 Å². The minimum absolute atomic E-state index is 0.0313. The number of halogens is 1. The van der Waals surface area contributed by atoms with Crippen molar-refractivity contribution in [2.45, 2.75) is 31.2 Å². The van der Waals surface area contributed by atoms with E-state index >= 15 is 0 Å². The molecule has 0 radical (unpaired) electrons. The molecular weight excluding hydrogens is 329 g/mol. The summed E-state index contributed by atoms with van der Waals surface area (Å²) in [5.41, 5.74) is 1.12. The van der Waals surface area contributed by atoms with Gasteiger partial charge in [0, 0.05) is 57.3 Å². The lowest BCUT2D eigenvalue weighted by atomic mass is 9.96. The molecule has 1 aliphatic carbocycles. The molecule has 2 N–H and O–H groups in total. The van der Waals surface area contributed by atoms with Crippen LogP contribution in [0.15, 0.2) is 29.3 Å². The van der Waals surface area contributed by atoms with E-state index in [1.54, 1.807) is 12.1 Å². The highest BCUT2D eigenvalue weighted by atomic mass is 19.1. The maximum atomic E-state index is 13.6. The topological polar surface area (TPSA) is 42.9 Å². The summed E-state index contributed by atoms with van der Waals surface area (Å²) < 4.78 is 13.6. The van der Waals surface area contributed by atoms with E-state index < -0.39 is 0 Å². The Kier molecular flexibility index (Phi) is 5.14. The standard InChI is InChI=1S/C20H30FN5/c1-2-22-19(23-13-18-14-25-8-10-26(18)11-9-25)24-15-20(6-7-20)16-4-3-5-17(21)12-16/h3-5,12,18H,2,6-11,13-15H2,1H3,(H2,22,23,24). The Hall–Kier alpha value is -1.66. The van der Waals surface area contributed by atoms with E-state index in [-0.39, 0.29) is 11.2 Å². The van der Waals surface area contributed by atoms with Crippen LogP contribution < -0.4 is 10.6 Å². The Morgan fingerprint density at radius 1 is 1.23 bits per heavy atom. The average Bonchev–Trinajstić information content (AvgIpc) is 3.46. The number of hydrogen-bond donors (Lipinski definition) is 2. The lowest BCUT2D eigenvalue weighted by Crippen LogP contribution is -2.63. The highest BCUT2D eigenvalue weighted by Gasteiger charge is 2.44. The fourth-order valence-electron chi connectivity index (χ4n) is 4.21. The zero-order valence-electron chi connectivity index (χ0n) is 15.7. The second-order valence-electron chi connectivity index (χ2n) is 7.86. The first kappa shape index (κ1) is 17.7. The van der Waals surface area contributed by atoms with Crippen molar-refractivity contribution in [3.63, 3.8) is 0 Å². The normalized spacial score (nSPS) is 29.5. The zero-order valence-corrected chi connectivity index (χ0v) is 15.7. The van der Waals surface area contributed by atoms with E-state index in [2.05, 4.69) is 27.4 Å². The van der Waals surface area contributed by atoms with Gasteiger partial charge in [0.1, 0.15) is 5.82 Å². The smallest absolute Gasteiger partial charge is 0.191 e. The van der Waals surface area contributed by atoms with Gasteiger partial charge in [0.05, 0.1) is 6.54 Å². The van der Waals surface area contributed by atoms with Gasteiger partial charge in [0.25, 0.3) is 0 Å². The minimum atomic E-state index is -0.154. The molecule has 3 saturated heterocycles. The fourth-order valence-corrected chi connectivity index (χ4v) is 4.21. The SMILES string of the molecule is CCNC(=NCC1(c2cccc(F)c2)CC1)NCC1CN2CCN1CC2. The van der Waals surface area contributed by atoms with E-state index in [1.165, 1.54) is 32.2 Å². The van der Waals surface area contributed by atoms with Gasteiger partial charge in [-0.2, -0.15) is 0 Å².